The molecule has 2 rings (SSSR count). The average molecular weight is 210 g/mol. The minimum Gasteiger partial charge on any atom is -0.364 e. The summed E-state index contributed by atoms with van der Waals surface area (Å²) in [5.41, 5.74) is 5.85. The number of fused-ring (bicyclic) bond motifs is 1. The Balaban J connectivity index is 2.75. The highest BCUT2D eigenvalue weighted by Gasteiger charge is 2.09. The predicted octanol–water partition coefficient (Wildman–Crippen LogP) is 1.68. The monoisotopic (exact) mass is 210 g/mol. The Morgan fingerprint density at radius 1 is 1.54 bits per heavy atom. The van der Waals surface area contributed by atoms with Gasteiger partial charge in [0.15, 0.2) is 5.01 Å². The number of thiol groups is 1. The van der Waals surface area contributed by atoms with Crippen LogP contribution in [0.1, 0.15) is 9.80 Å². The molecule has 13 heavy (non-hydrogen) atoms. The van der Waals surface area contributed by atoms with Crippen LogP contribution in [0, 0.1) is 0 Å². The van der Waals surface area contributed by atoms with E-state index in [1.807, 2.05) is 18.2 Å². The van der Waals surface area contributed by atoms with Gasteiger partial charge < -0.3 is 5.73 Å². The zero-order valence-corrected chi connectivity index (χ0v) is 8.23. The van der Waals surface area contributed by atoms with Crippen molar-refractivity contribution in [3.8, 4) is 0 Å². The first-order chi connectivity index (χ1) is 6.18. The maximum absolute atomic E-state index is 10.8. The molecule has 0 aliphatic rings. The summed E-state index contributed by atoms with van der Waals surface area (Å²) in [5, 5.41) is 0.330. The van der Waals surface area contributed by atoms with Crippen molar-refractivity contribution in [2.45, 2.75) is 4.90 Å². The Morgan fingerprint density at radius 2 is 2.31 bits per heavy atom. The number of hydrogen-bond donors (Lipinski definition) is 2. The van der Waals surface area contributed by atoms with Crippen LogP contribution in [0.4, 0.5) is 0 Å². The lowest BCUT2D eigenvalue weighted by Gasteiger charge is -1.89. The molecule has 2 N–H and O–H groups in total. The quantitative estimate of drug-likeness (QED) is 0.704. The third-order valence-electron chi connectivity index (χ3n) is 1.61. The Labute approximate surface area is 84.0 Å². The van der Waals surface area contributed by atoms with Crippen molar-refractivity contribution in [1.29, 1.82) is 0 Å². The summed E-state index contributed by atoms with van der Waals surface area (Å²) in [5.74, 6) is -0.492. The molecule has 1 amide bonds. The lowest BCUT2D eigenvalue weighted by molar-refractivity contribution is 0.1000. The number of hydrogen-bond acceptors (Lipinski definition) is 4. The maximum Gasteiger partial charge on any atom is 0.277 e. The van der Waals surface area contributed by atoms with Crippen LogP contribution in [0.15, 0.2) is 23.1 Å². The number of benzene rings is 1. The number of carbonyl (C=O) groups excluding carboxylic acids is 1. The van der Waals surface area contributed by atoms with E-state index in [2.05, 4.69) is 17.6 Å². The summed E-state index contributed by atoms with van der Waals surface area (Å²) in [4.78, 5) is 15.7. The third kappa shape index (κ3) is 1.40. The normalized spacial score (nSPS) is 10.5. The van der Waals surface area contributed by atoms with Crippen molar-refractivity contribution in [2.24, 2.45) is 5.73 Å². The molecule has 2 aromatic rings. The fourth-order valence-corrected chi connectivity index (χ4v) is 2.22. The number of carbonyl (C=O) groups is 1. The number of primary amides is 1. The molecule has 0 saturated carbocycles. The molecule has 0 bridgehead atoms. The average Bonchev–Trinajstić information content (AvgIpc) is 2.49. The smallest absolute Gasteiger partial charge is 0.277 e. The minimum absolute atomic E-state index is 0.330. The molecule has 1 aromatic heterocycles. The van der Waals surface area contributed by atoms with Gasteiger partial charge in [0, 0.05) is 4.90 Å². The summed E-state index contributed by atoms with van der Waals surface area (Å²) >= 11 is 5.51. The van der Waals surface area contributed by atoms with Gasteiger partial charge >= 0.3 is 0 Å². The standard InChI is InChI=1S/C8H6N2OS2/c9-7(11)8-10-6-4(12)2-1-3-5(6)13-8/h1-3,12H,(H2,9,11). The van der Waals surface area contributed by atoms with Crippen LogP contribution in [-0.2, 0) is 0 Å². The fraction of sp³-hybridized carbons (Fsp3) is 0. The lowest BCUT2D eigenvalue weighted by Crippen LogP contribution is -2.09. The van der Waals surface area contributed by atoms with E-state index in [4.69, 9.17) is 5.73 Å². The van der Waals surface area contributed by atoms with Crippen LogP contribution in [0.25, 0.3) is 10.2 Å². The van der Waals surface area contributed by atoms with E-state index in [0.717, 1.165) is 15.1 Å². The molecule has 0 aliphatic heterocycles. The van der Waals surface area contributed by atoms with Gasteiger partial charge in [-0.05, 0) is 12.1 Å². The topological polar surface area (TPSA) is 56.0 Å². The Kier molecular flexibility index (Phi) is 1.97. The molecule has 5 heteroatoms. The van der Waals surface area contributed by atoms with E-state index in [0.29, 0.717) is 5.01 Å². The Hall–Kier alpha value is -1.07. The molecule has 66 valence electrons. The molecule has 0 unspecified atom stereocenters. The molecule has 1 heterocycles. The van der Waals surface area contributed by atoms with Crippen molar-refractivity contribution < 1.29 is 4.79 Å². The van der Waals surface area contributed by atoms with Crippen molar-refractivity contribution in [2.75, 3.05) is 0 Å². The minimum atomic E-state index is -0.492. The zero-order chi connectivity index (χ0) is 9.42. The van der Waals surface area contributed by atoms with Gasteiger partial charge in [-0.15, -0.1) is 24.0 Å². The van der Waals surface area contributed by atoms with Crippen LogP contribution in [0.3, 0.4) is 0 Å². The van der Waals surface area contributed by atoms with E-state index in [1.165, 1.54) is 11.3 Å². The van der Waals surface area contributed by atoms with E-state index < -0.39 is 5.91 Å². The van der Waals surface area contributed by atoms with Gasteiger partial charge in [-0.3, -0.25) is 4.79 Å². The highest BCUT2D eigenvalue weighted by Crippen LogP contribution is 2.26. The molecular formula is C8H6N2OS2. The number of nitrogens with two attached hydrogens (primary N) is 1. The molecule has 0 saturated heterocycles. The van der Waals surface area contributed by atoms with Crippen LogP contribution in [0.5, 0.6) is 0 Å². The number of thiazole rings is 1. The van der Waals surface area contributed by atoms with Crippen LogP contribution in [-0.4, -0.2) is 10.9 Å². The van der Waals surface area contributed by atoms with Gasteiger partial charge in [0.1, 0.15) is 0 Å². The van der Waals surface area contributed by atoms with E-state index >= 15 is 0 Å². The van der Waals surface area contributed by atoms with Gasteiger partial charge in [-0.25, -0.2) is 4.98 Å². The fourth-order valence-electron chi connectivity index (χ4n) is 1.04. The molecule has 0 spiro atoms. The van der Waals surface area contributed by atoms with Crippen molar-refractivity contribution in [3.05, 3.63) is 23.2 Å². The maximum atomic E-state index is 10.8. The third-order valence-corrected chi connectivity index (χ3v) is 3.00. The summed E-state index contributed by atoms with van der Waals surface area (Å²) in [7, 11) is 0. The van der Waals surface area contributed by atoms with E-state index in [9.17, 15) is 4.79 Å². The Bertz CT molecular complexity index is 478. The summed E-state index contributed by atoms with van der Waals surface area (Å²) in [6, 6.07) is 5.59. The van der Waals surface area contributed by atoms with Crippen molar-refractivity contribution in [1.82, 2.24) is 4.98 Å². The number of nitrogens with zero attached hydrogens (tertiary/aromatic N) is 1. The molecule has 3 nitrogen and oxygen atoms in total. The summed E-state index contributed by atoms with van der Waals surface area (Å²) < 4.78 is 0.932. The summed E-state index contributed by atoms with van der Waals surface area (Å²) in [6.07, 6.45) is 0. The molecule has 0 radical (unpaired) electrons. The highest BCUT2D eigenvalue weighted by molar-refractivity contribution is 7.80. The van der Waals surface area contributed by atoms with Crippen molar-refractivity contribution in [3.63, 3.8) is 0 Å². The first-order valence-corrected chi connectivity index (χ1v) is 4.83. The van der Waals surface area contributed by atoms with Gasteiger partial charge in [0.05, 0.1) is 10.2 Å². The molecular weight excluding hydrogens is 204 g/mol. The molecule has 0 aliphatic carbocycles. The number of aromatic nitrogens is 1. The first kappa shape index (κ1) is 8.52. The largest absolute Gasteiger partial charge is 0.364 e. The second-order valence-electron chi connectivity index (χ2n) is 2.51. The van der Waals surface area contributed by atoms with Crippen LogP contribution >= 0.6 is 24.0 Å². The Morgan fingerprint density at radius 3 is 2.92 bits per heavy atom. The van der Waals surface area contributed by atoms with Gasteiger partial charge in [0.25, 0.3) is 5.91 Å². The van der Waals surface area contributed by atoms with Gasteiger partial charge in [-0.1, -0.05) is 6.07 Å². The highest BCUT2D eigenvalue weighted by atomic mass is 32.1. The lowest BCUT2D eigenvalue weighted by atomic mass is 10.3. The van der Waals surface area contributed by atoms with Crippen LogP contribution in [0.2, 0.25) is 0 Å². The van der Waals surface area contributed by atoms with E-state index in [-0.39, 0.29) is 0 Å². The SMILES string of the molecule is NC(=O)c1nc2c(S)cccc2s1. The zero-order valence-electron chi connectivity index (χ0n) is 6.52. The number of amides is 1. The molecule has 1 aromatic carbocycles. The van der Waals surface area contributed by atoms with Crippen LogP contribution < -0.4 is 5.73 Å². The number of rotatable bonds is 1. The predicted molar refractivity (Wildman–Crippen MR) is 55.4 cm³/mol. The van der Waals surface area contributed by atoms with Gasteiger partial charge in [-0.2, -0.15) is 0 Å². The van der Waals surface area contributed by atoms with Gasteiger partial charge in [0.2, 0.25) is 0 Å². The van der Waals surface area contributed by atoms with E-state index in [1.54, 1.807) is 0 Å². The second-order valence-corrected chi connectivity index (χ2v) is 4.02. The first-order valence-electron chi connectivity index (χ1n) is 3.57. The number of para-hydroxylation sites is 1. The molecule has 0 atom stereocenters. The molecule has 0 fully saturated rings. The summed E-state index contributed by atoms with van der Waals surface area (Å²) in [6.45, 7) is 0. The second kappa shape index (κ2) is 3.01. The van der Waals surface area contributed by atoms with Crippen molar-refractivity contribution >= 4 is 40.1 Å².